The molecule has 102 valence electrons. The predicted octanol–water partition coefficient (Wildman–Crippen LogP) is 1.76. The highest BCUT2D eigenvalue weighted by molar-refractivity contribution is 7.15. The van der Waals surface area contributed by atoms with Crippen molar-refractivity contribution in [1.82, 2.24) is 9.38 Å². The van der Waals surface area contributed by atoms with E-state index in [0.717, 1.165) is 10.4 Å². The van der Waals surface area contributed by atoms with E-state index >= 15 is 0 Å². The number of hydrogen-bond donors (Lipinski definition) is 1. The minimum Gasteiger partial charge on any atom is -0.478 e. The van der Waals surface area contributed by atoms with Crippen LogP contribution in [0.15, 0.2) is 35.4 Å². The molecular formula is C13H11ClN3O2S+. The van der Waals surface area contributed by atoms with Crippen molar-refractivity contribution in [3.63, 3.8) is 0 Å². The maximum atomic E-state index is 11.9. The van der Waals surface area contributed by atoms with Crippen molar-refractivity contribution in [2.45, 2.75) is 13.5 Å². The summed E-state index contributed by atoms with van der Waals surface area (Å²) in [7, 11) is 0. The van der Waals surface area contributed by atoms with E-state index in [2.05, 4.69) is 4.98 Å². The Morgan fingerprint density at radius 1 is 1.55 bits per heavy atom. The Morgan fingerprint density at radius 3 is 3.05 bits per heavy atom. The number of hydrogen-bond acceptors (Lipinski definition) is 4. The zero-order valence-corrected chi connectivity index (χ0v) is 12.1. The molecule has 20 heavy (non-hydrogen) atoms. The van der Waals surface area contributed by atoms with E-state index < -0.39 is 0 Å². The highest BCUT2D eigenvalue weighted by Crippen LogP contribution is 2.18. The number of thiazole rings is 1. The minimum absolute atomic E-state index is 0.0752. The average molecular weight is 309 g/mol. The van der Waals surface area contributed by atoms with Gasteiger partial charge in [0.05, 0.1) is 11.1 Å². The van der Waals surface area contributed by atoms with Crippen LogP contribution in [0.5, 0.6) is 5.88 Å². The molecule has 3 heterocycles. The van der Waals surface area contributed by atoms with Crippen molar-refractivity contribution < 1.29 is 9.67 Å². The Morgan fingerprint density at radius 2 is 2.35 bits per heavy atom. The molecule has 0 aromatic carbocycles. The molecule has 1 N–H and O–H groups in total. The smallest absolute Gasteiger partial charge is 0.346 e. The van der Waals surface area contributed by atoms with Crippen LogP contribution in [0, 0.1) is 6.92 Å². The van der Waals surface area contributed by atoms with Gasteiger partial charge in [0.2, 0.25) is 0 Å². The molecule has 7 heteroatoms. The van der Waals surface area contributed by atoms with Gasteiger partial charge in [-0.25, -0.2) is 9.78 Å². The lowest BCUT2D eigenvalue weighted by atomic mass is 10.3. The summed E-state index contributed by atoms with van der Waals surface area (Å²) in [4.78, 5) is 16.8. The van der Waals surface area contributed by atoms with Gasteiger partial charge in [0.1, 0.15) is 12.6 Å². The number of halogens is 1. The zero-order chi connectivity index (χ0) is 14.3. The first-order valence-electron chi connectivity index (χ1n) is 5.90. The molecule has 0 spiro atoms. The summed E-state index contributed by atoms with van der Waals surface area (Å²) in [6.45, 7) is 2.30. The number of nitrogens with zero attached hydrogens (tertiary/aromatic N) is 3. The molecule has 0 fully saturated rings. The van der Waals surface area contributed by atoms with Crippen LogP contribution in [0.2, 0.25) is 4.47 Å². The van der Waals surface area contributed by atoms with E-state index in [-0.39, 0.29) is 11.4 Å². The number of rotatable bonds is 2. The normalized spacial score (nSPS) is 11.1. The van der Waals surface area contributed by atoms with Crippen LogP contribution in [-0.2, 0) is 6.54 Å². The maximum Gasteiger partial charge on any atom is 0.346 e. The van der Waals surface area contributed by atoms with Gasteiger partial charge in [0.25, 0.3) is 11.5 Å². The van der Waals surface area contributed by atoms with Gasteiger partial charge in [0, 0.05) is 11.8 Å². The average Bonchev–Trinajstić information content (AvgIpc) is 2.80. The Labute approximate surface area is 123 Å². The van der Waals surface area contributed by atoms with E-state index in [0.29, 0.717) is 16.7 Å². The summed E-state index contributed by atoms with van der Waals surface area (Å²) < 4.78 is 3.63. The molecule has 0 aliphatic rings. The molecule has 0 saturated carbocycles. The lowest BCUT2D eigenvalue weighted by molar-refractivity contribution is -0.672. The van der Waals surface area contributed by atoms with E-state index in [1.54, 1.807) is 23.0 Å². The third-order valence-electron chi connectivity index (χ3n) is 3.02. The second-order valence-corrected chi connectivity index (χ2v) is 6.09. The summed E-state index contributed by atoms with van der Waals surface area (Å²) in [6, 6.07) is 4.90. The first-order chi connectivity index (χ1) is 9.56. The van der Waals surface area contributed by atoms with Crippen LogP contribution < -0.4 is 10.1 Å². The molecular weight excluding hydrogens is 298 g/mol. The third kappa shape index (κ3) is 2.17. The van der Waals surface area contributed by atoms with Gasteiger partial charge >= 0.3 is 5.56 Å². The molecule has 3 rings (SSSR count). The lowest BCUT2D eigenvalue weighted by Gasteiger charge is -2.06. The van der Waals surface area contributed by atoms with E-state index in [4.69, 9.17) is 11.6 Å². The van der Waals surface area contributed by atoms with Crippen molar-refractivity contribution in [1.29, 1.82) is 0 Å². The fourth-order valence-electron chi connectivity index (χ4n) is 2.16. The molecule has 3 aromatic rings. The molecule has 3 aromatic heterocycles. The van der Waals surface area contributed by atoms with Crippen LogP contribution in [0.25, 0.3) is 5.65 Å². The van der Waals surface area contributed by atoms with Gasteiger partial charge in [-0.3, -0.25) is 0 Å². The van der Waals surface area contributed by atoms with Crippen molar-refractivity contribution in [3.05, 3.63) is 55.9 Å². The topological polar surface area (TPSA) is 58.5 Å². The molecule has 0 bridgehead atoms. The molecule has 0 unspecified atom stereocenters. The molecule has 5 nitrogen and oxygen atoms in total. The SMILES string of the molecule is Cc1cccn2c(=O)cc(O)[n+](Cc3cnc(Cl)s3)c12. The highest BCUT2D eigenvalue weighted by Gasteiger charge is 2.19. The Hall–Kier alpha value is -1.92. The lowest BCUT2D eigenvalue weighted by Crippen LogP contribution is -2.40. The predicted molar refractivity (Wildman–Crippen MR) is 76.5 cm³/mol. The number of fused-ring (bicyclic) bond motifs is 1. The second kappa shape index (κ2) is 4.88. The Balaban J connectivity index is 2.26. The Kier molecular flexibility index (Phi) is 3.19. The maximum absolute atomic E-state index is 11.9. The first kappa shape index (κ1) is 13.1. The van der Waals surface area contributed by atoms with Crippen LogP contribution >= 0.6 is 22.9 Å². The zero-order valence-electron chi connectivity index (χ0n) is 10.6. The monoisotopic (exact) mass is 308 g/mol. The van der Waals surface area contributed by atoms with Gasteiger partial charge in [0.15, 0.2) is 4.47 Å². The van der Waals surface area contributed by atoms with Crippen LogP contribution in [0.1, 0.15) is 10.4 Å². The van der Waals surface area contributed by atoms with Crippen LogP contribution in [0.3, 0.4) is 0 Å². The van der Waals surface area contributed by atoms with Gasteiger partial charge in [-0.1, -0.05) is 11.6 Å². The summed E-state index contributed by atoms with van der Waals surface area (Å²) >= 11 is 7.17. The van der Waals surface area contributed by atoms with Crippen LogP contribution in [0.4, 0.5) is 0 Å². The second-order valence-electron chi connectivity index (χ2n) is 4.39. The number of aromatic nitrogens is 3. The fraction of sp³-hybridized carbons (Fsp3) is 0.154. The number of pyridine rings is 1. The van der Waals surface area contributed by atoms with E-state index in [9.17, 15) is 9.90 Å². The molecule has 0 aliphatic heterocycles. The number of aromatic hydroxyl groups is 1. The van der Waals surface area contributed by atoms with Crippen molar-refractivity contribution >= 4 is 28.6 Å². The standard InChI is InChI=1S/C13H10ClN3O2S/c1-8-3-2-4-16-10(18)5-11(19)17(12(8)16)7-9-6-15-13(14)20-9/h2-6H,7H2,1H3/p+1. The minimum atomic E-state index is -0.264. The third-order valence-corrected chi connectivity index (χ3v) is 4.12. The summed E-state index contributed by atoms with van der Waals surface area (Å²) in [5, 5.41) is 10.1. The molecule has 0 saturated heterocycles. The van der Waals surface area contributed by atoms with Crippen molar-refractivity contribution in [3.8, 4) is 5.88 Å². The Bertz CT molecular complexity index is 856. The van der Waals surface area contributed by atoms with Crippen LogP contribution in [-0.4, -0.2) is 14.5 Å². The van der Waals surface area contributed by atoms with E-state index in [1.165, 1.54) is 21.8 Å². The molecule has 0 amide bonds. The van der Waals surface area contributed by atoms with Crippen molar-refractivity contribution in [2.75, 3.05) is 0 Å². The number of aryl methyl sites for hydroxylation is 1. The van der Waals surface area contributed by atoms with Gasteiger partial charge in [-0.05, 0) is 19.1 Å². The first-order valence-corrected chi connectivity index (χ1v) is 7.10. The quantitative estimate of drug-likeness (QED) is 0.734. The van der Waals surface area contributed by atoms with Gasteiger partial charge in [-0.2, -0.15) is 8.97 Å². The molecule has 0 radical (unpaired) electrons. The van der Waals surface area contributed by atoms with Gasteiger partial charge < -0.3 is 5.11 Å². The van der Waals surface area contributed by atoms with E-state index in [1.807, 2.05) is 13.0 Å². The summed E-state index contributed by atoms with van der Waals surface area (Å²) in [5.41, 5.74) is 1.29. The summed E-state index contributed by atoms with van der Waals surface area (Å²) in [6.07, 6.45) is 3.35. The molecule has 0 atom stereocenters. The fourth-order valence-corrected chi connectivity index (χ4v) is 3.13. The highest BCUT2D eigenvalue weighted by atomic mass is 35.5. The van der Waals surface area contributed by atoms with Crippen molar-refractivity contribution in [2.24, 2.45) is 0 Å². The molecule has 0 aliphatic carbocycles. The summed E-state index contributed by atoms with van der Waals surface area (Å²) in [5.74, 6) is -0.0752. The van der Waals surface area contributed by atoms with Gasteiger partial charge in [-0.15, -0.1) is 11.3 Å². The largest absolute Gasteiger partial charge is 0.478 e.